The molecule has 1 heterocycles. The Labute approximate surface area is 134 Å². The normalized spacial score (nSPS) is 19.4. The number of benzene rings is 1. The van der Waals surface area contributed by atoms with E-state index in [0.29, 0.717) is 0 Å². The molecule has 110 valence electrons. The van der Waals surface area contributed by atoms with E-state index in [1.807, 2.05) is 39.0 Å². The van der Waals surface area contributed by atoms with Crippen LogP contribution in [0.25, 0.3) is 5.57 Å². The number of halogens is 3. The van der Waals surface area contributed by atoms with E-state index in [-0.39, 0.29) is 0 Å². The second kappa shape index (κ2) is 5.10. The lowest BCUT2D eigenvalue weighted by molar-refractivity contribution is 0.154. The van der Waals surface area contributed by atoms with Crippen molar-refractivity contribution < 1.29 is 5.11 Å². The lowest BCUT2D eigenvalue weighted by atomic mass is 9.88. The summed E-state index contributed by atoms with van der Waals surface area (Å²) in [6.45, 7) is 8.03. The first-order chi connectivity index (χ1) is 9.04. The van der Waals surface area contributed by atoms with Gasteiger partial charge in [-0.1, -0.05) is 53.0 Å². The molecule has 1 N–H and O–H groups in total. The van der Waals surface area contributed by atoms with Crippen LogP contribution in [0.2, 0.25) is 0 Å². The van der Waals surface area contributed by atoms with Gasteiger partial charge in [0.05, 0.1) is 5.54 Å². The summed E-state index contributed by atoms with van der Waals surface area (Å²) >= 11 is 17.7. The van der Waals surface area contributed by atoms with E-state index in [0.717, 1.165) is 22.4 Å². The molecule has 5 heteroatoms. The number of alkyl halides is 3. The van der Waals surface area contributed by atoms with E-state index < -0.39 is 15.6 Å². The first-order valence-corrected chi connectivity index (χ1v) is 7.52. The van der Waals surface area contributed by atoms with E-state index in [9.17, 15) is 5.11 Å². The van der Waals surface area contributed by atoms with Crippen LogP contribution in [0.15, 0.2) is 24.3 Å². The number of anilines is 1. The van der Waals surface area contributed by atoms with Gasteiger partial charge < -0.3 is 10.0 Å². The maximum absolute atomic E-state index is 10.5. The molecule has 0 saturated heterocycles. The van der Waals surface area contributed by atoms with Crippen molar-refractivity contribution in [3.63, 3.8) is 0 Å². The molecule has 0 aromatic heterocycles. The zero-order valence-corrected chi connectivity index (χ0v) is 14.2. The molecule has 0 amide bonds. The average molecular weight is 335 g/mol. The second-order valence-electron chi connectivity index (χ2n) is 5.79. The number of hydrogen-bond acceptors (Lipinski definition) is 2. The summed E-state index contributed by atoms with van der Waals surface area (Å²) in [6.07, 6.45) is 0.844. The molecule has 1 aliphatic rings. The fourth-order valence-corrected chi connectivity index (χ4v) is 3.05. The van der Waals surface area contributed by atoms with Crippen LogP contribution >= 0.6 is 34.8 Å². The Morgan fingerprint density at radius 2 is 1.80 bits per heavy atom. The van der Waals surface area contributed by atoms with E-state index >= 15 is 0 Å². The third kappa shape index (κ3) is 2.80. The van der Waals surface area contributed by atoms with Gasteiger partial charge in [-0.3, -0.25) is 0 Å². The number of rotatable bonds is 1. The van der Waals surface area contributed by atoms with E-state index in [4.69, 9.17) is 34.8 Å². The molecule has 1 aromatic carbocycles. The molecule has 1 aromatic rings. The third-order valence-corrected chi connectivity index (χ3v) is 4.15. The second-order valence-corrected chi connectivity index (χ2v) is 8.16. The molecule has 2 rings (SSSR count). The van der Waals surface area contributed by atoms with E-state index in [1.165, 1.54) is 0 Å². The number of nitrogens with zero attached hydrogens (tertiary/aromatic N) is 1. The molecular formula is C15H18Cl3NO. The van der Waals surface area contributed by atoms with Gasteiger partial charge in [-0.15, -0.1) is 0 Å². The van der Waals surface area contributed by atoms with Crippen LogP contribution in [-0.2, 0) is 0 Å². The molecule has 1 atom stereocenters. The highest BCUT2D eigenvalue weighted by atomic mass is 35.6. The van der Waals surface area contributed by atoms with Crippen molar-refractivity contribution >= 4 is 46.1 Å². The molecule has 0 unspecified atom stereocenters. The molecule has 0 aliphatic carbocycles. The Morgan fingerprint density at radius 1 is 1.20 bits per heavy atom. The molecular weight excluding hydrogens is 317 g/mol. The van der Waals surface area contributed by atoms with Gasteiger partial charge in [0.1, 0.15) is 0 Å². The van der Waals surface area contributed by atoms with Crippen LogP contribution in [0.1, 0.15) is 31.9 Å². The molecule has 20 heavy (non-hydrogen) atoms. The number of aryl methyl sites for hydroxylation is 1. The molecule has 0 radical (unpaired) electrons. The van der Waals surface area contributed by atoms with Crippen molar-refractivity contribution in [3.8, 4) is 0 Å². The topological polar surface area (TPSA) is 23.5 Å². The number of aliphatic hydroxyl groups is 1. The van der Waals surface area contributed by atoms with Crippen LogP contribution < -0.4 is 4.90 Å². The maximum Gasteiger partial charge on any atom is 0.234 e. The summed E-state index contributed by atoms with van der Waals surface area (Å²) in [5, 5.41) is 10.5. The van der Waals surface area contributed by atoms with Gasteiger partial charge in [0.25, 0.3) is 0 Å². The van der Waals surface area contributed by atoms with Crippen molar-refractivity contribution in [1.29, 1.82) is 0 Å². The zero-order chi connectivity index (χ0) is 15.3. The summed E-state index contributed by atoms with van der Waals surface area (Å²) in [5.41, 5.74) is 3.72. The minimum atomic E-state index is -1.78. The number of fused-ring (bicyclic) bond motifs is 1. The largest absolute Gasteiger partial charge is 0.369 e. The van der Waals surface area contributed by atoms with Crippen LogP contribution in [0.3, 0.4) is 0 Å². The van der Waals surface area contributed by atoms with E-state index in [1.54, 1.807) is 4.90 Å². The Morgan fingerprint density at radius 3 is 2.35 bits per heavy atom. The number of hydrogen-bond donors (Lipinski definition) is 1. The zero-order valence-electron chi connectivity index (χ0n) is 11.9. The van der Waals surface area contributed by atoms with Gasteiger partial charge in [0.15, 0.2) is 6.23 Å². The van der Waals surface area contributed by atoms with Gasteiger partial charge >= 0.3 is 0 Å². The highest BCUT2D eigenvalue weighted by Gasteiger charge is 2.44. The van der Waals surface area contributed by atoms with Crippen LogP contribution in [0, 0.1) is 6.92 Å². The van der Waals surface area contributed by atoms with Crippen molar-refractivity contribution in [2.45, 2.75) is 43.3 Å². The summed E-state index contributed by atoms with van der Waals surface area (Å²) < 4.78 is -1.78. The first-order valence-electron chi connectivity index (χ1n) is 6.38. The quantitative estimate of drug-likeness (QED) is 0.753. The van der Waals surface area contributed by atoms with Gasteiger partial charge in [-0.2, -0.15) is 0 Å². The Kier molecular flexibility index (Phi) is 4.07. The molecule has 0 bridgehead atoms. The van der Waals surface area contributed by atoms with Crippen molar-refractivity contribution in [2.24, 2.45) is 0 Å². The molecule has 2 nitrogen and oxygen atoms in total. The van der Waals surface area contributed by atoms with Gasteiger partial charge in [0, 0.05) is 11.3 Å². The van der Waals surface area contributed by atoms with Gasteiger partial charge in [-0.05, 0) is 44.9 Å². The third-order valence-electron chi connectivity index (χ3n) is 3.57. The fourth-order valence-electron chi connectivity index (χ4n) is 2.76. The lowest BCUT2D eigenvalue weighted by Crippen LogP contribution is -2.55. The molecule has 0 saturated carbocycles. The summed E-state index contributed by atoms with van der Waals surface area (Å²) in [4.78, 5) is 1.76. The number of allylic oxidation sites excluding steroid dienone is 1. The van der Waals surface area contributed by atoms with Crippen LogP contribution in [0.4, 0.5) is 5.69 Å². The summed E-state index contributed by atoms with van der Waals surface area (Å²) in [6, 6.07) is 6.07. The van der Waals surface area contributed by atoms with Gasteiger partial charge in [-0.25, -0.2) is 0 Å². The van der Waals surface area contributed by atoms with Crippen molar-refractivity contribution in [1.82, 2.24) is 0 Å². The minimum absolute atomic E-state index is 0.450. The Bertz CT molecular complexity index is 561. The Balaban J connectivity index is 2.64. The smallest absolute Gasteiger partial charge is 0.234 e. The fraction of sp³-hybridized carbons (Fsp3) is 0.467. The Hall–Kier alpha value is -0.410. The maximum atomic E-state index is 10.5. The lowest BCUT2D eigenvalue weighted by Gasteiger charge is -2.47. The van der Waals surface area contributed by atoms with Crippen molar-refractivity contribution in [3.05, 3.63) is 35.4 Å². The van der Waals surface area contributed by atoms with Gasteiger partial charge in [0.2, 0.25) is 3.79 Å². The molecule has 1 aliphatic heterocycles. The predicted octanol–water partition coefficient (Wildman–Crippen LogP) is 4.69. The summed E-state index contributed by atoms with van der Waals surface area (Å²) in [5.74, 6) is 0. The monoisotopic (exact) mass is 333 g/mol. The van der Waals surface area contributed by atoms with Crippen LogP contribution in [-0.4, -0.2) is 20.7 Å². The predicted molar refractivity (Wildman–Crippen MR) is 87.7 cm³/mol. The highest BCUT2D eigenvalue weighted by molar-refractivity contribution is 6.68. The summed E-state index contributed by atoms with van der Waals surface area (Å²) in [7, 11) is 0. The SMILES string of the molecule is CC1=CC(C)(C)N([C@H](O)C(Cl)(Cl)Cl)c2cc(C)ccc21. The first kappa shape index (κ1) is 16.0. The van der Waals surface area contributed by atoms with E-state index in [2.05, 4.69) is 13.0 Å². The standard InChI is InChI=1S/C15H18Cl3NO/c1-9-5-6-11-10(2)8-14(3,4)19(12(11)7-9)13(20)15(16,17)18/h5-8,13,20H,1-4H3/t13-/m1/s1. The average Bonchev–Trinajstić information content (AvgIpc) is 2.25. The molecule has 0 spiro atoms. The van der Waals surface area contributed by atoms with Crippen LogP contribution in [0.5, 0.6) is 0 Å². The highest BCUT2D eigenvalue weighted by Crippen LogP contribution is 2.44. The number of aliphatic hydroxyl groups excluding tert-OH is 1. The minimum Gasteiger partial charge on any atom is -0.369 e. The molecule has 0 fully saturated rings. The van der Waals surface area contributed by atoms with Crippen molar-refractivity contribution in [2.75, 3.05) is 4.90 Å².